The zero-order valence-electron chi connectivity index (χ0n) is 19.3. The van der Waals surface area contributed by atoms with Crippen molar-refractivity contribution in [3.63, 3.8) is 0 Å². The summed E-state index contributed by atoms with van der Waals surface area (Å²) in [7, 11) is 0.129. The molecule has 0 aliphatic carbocycles. The average Bonchev–Trinajstić information content (AvgIpc) is 2.92. The van der Waals surface area contributed by atoms with Gasteiger partial charge in [0, 0.05) is 15.9 Å². The van der Waals surface area contributed by atoms with E-state index in [9.17, 15) is 0 Å². The lowest BCUT2D eigenvalue weighted by molar-refractivity contribution is 0.414. The van der Waals surface area contributed by atoms with Crippen molar-refractivity contribution in [2.75, 3.05) is 14.2 Å². The Morgan fingerprint density at radius 1 is 0.647 bits per heavy atom. The zero-order valence-corrected chi connectivity index (χ0v) is 20.2. The molecule has 34 heavy (non-hydrogen) atoms. The van der Waals surface area contributed by atoms with Gasteiger partial charge in [-0.1, -0.05) is 103 Å². The third-order valence-electron chi connectivity index (χ3n) is 5.62. The van der Waals surface area contributed by atoms with Gasteiger partial charge in [-0.15, -0.1) is 0 Å². The molecule has 3 nitrogen and oxygen atoms in total. The molecule has 0 aliphatic heterocycles. The van der Waals surface area contributed by atoms with Gasteiger partial charge in [-0.3, -0.25) is 0 Å². The Labute approximate surface area is 201 Å². The molecule has 4 aromatic rings. The SMILES string of the molecule is COc1ccc(/C=C/C=C(\c2ccc(OC)cc2)P(=O)(c2ccccc2)c2ccccc2)cc1. The molecule has 0 saturated carbocycles. The number of allylic oxidation sites excluding steroid dienone is 2. The van der Waals surface area contributed by atoms with Crippen LogP contribution in [-0.4, -0.2) is 14.2 Å². The topological polar surface area (TPSA) is 35.5 Å². The summed E-state index contributed by atoms with van der Waals surface area (Å²) in [6.45, 7) is 0. The lowest BCUT2D eigenvalue weighted by Gasteiger charge is -2.23. The minimum Gasteiger partial charge on any atom is -0.497 e. The number of rotatable bonds is 8. The van der Waals surface area contributed by atoms with Crippen molar-refractivity contribution in [3.8, 4) is 11.5 Å². The molecule has 0 amide bonds. The third-order valence-corrected chi connectivity index (χ3v) is 8.76. The van der Waals surface area contributed by atoms with Crippen molar-refractivity contribution >= 4 is 29.1 Å². The molecule has 0 saturated heterocycles. The highest BCUT2D eigenvalue weighted by molar-refractivity contribution is 7.87. The van der Waals surface area contributed by atoms with E-state index in [2.05, 4.69) is 0 Å². The van der Waals surface area contributed by atoms with E-state index >= 15 is 4.57 Å². The van der Waals surface area contributed by atoms with E-state index in [1.807, 2.05) is 127 Å². The summed E-state index contributed by atoms with van der Waals surface area (Å²) in [5.41, 5.74) is 1.91. The van der Waals surface area contributed by atoms with Gasteiger partial charge in [-0.05, 0) is 35.4 Å². The second-order valence-electron chi connectivity index (χ2n) is 7.69. The van der Waals surface area contributed by atoms with Crippen molar-refractivity contribution in [3.05, 3.63) is 132 Å². The maximum Gasteiger partial charge on any atom is 0.171 e. The van der Waals surface area contributed by atoms with Crippen LogP contribution in [0.3, 0.4) is 0 Å². The Hall–Kier alpha value is -3.81. The highest BCUT2D eigenvalue weighted by Crippen LogP contribution is 2.56. The molecule has 4 aromatic carbocycles. The Morgan fingerprint density at radius 3 is 1.59 bits per heavy atom. The van der Waals surface area contributed by atoms with Crippen LogP contribution in [-0.2, 0) is 4.57 Å². The molecular weight excluding hydrogens is 439 g/mol. The highest BCUT2D eigenvalue weighted by atomic mass is 31.2. The Balaban J connectivity index is 1.87. The van der Waals surface area contributed by atoms with Crippen molar-refractivity contribution in [1.82, 2.24) is 0 Å². The number of ether oxygens (including phenoxy) is 2. The monoisotopic (exact) mass is 466 g/mol. The Bertz CT molecular complexity index is 1260. The first-order chi connectivity index (χ1) is 16.6. The van der Waals surface area contributed by atoms with Gasteiger partial charge in [0.25, 0.3) is 0 Å². The fourth-order valence-corrected chi connectivity index (χ4v) is 6.66. The van der Waals surface area contributed by atoms with Gasteiger partial charge in [0.05, 0.1) is 14.2 Å². The second-order valence-corrected chi connectivity index (χ2v) is 10.4. The standard InChI is InChI=1S/C30H27O3P/c1-32-26-20-16-24(17-21-26)10-9-15-30(25-18-22-27(33-2)23-19-25)34(31,28-11-5-3-6-12-28)29-13-7-4-8-14-29/h3-23H,1-2H3/b10-9+,30-15+. The van der Waals surface area contributed by atoms with Gasteiger partial charge in [0.15, 0.2) is 7.14 Å². The van der Waals surface area contributed by atoms with E-state index in [4.69, 9.17) is 9.47 Å². The van der Waals surface area contributed by atoms with Gasteiger partial charge < -0.3 is 14.0 Å². The predicted octanol–water partition coefficient (Wildman–Crippen LogP) is 6.77. The summed E-state index contributed by atoms with van der Waals surface area (Å²) in [6.07, 6.45) is 5.93. The number of methoxy groups -OCH3 is 2. The normalized spacial score (nSPS) is 12.0. The van der Waals surface area contributed by atoms with Crippen molar-refractivity contribution < 1.29 is 14.0 Å². The van der Waals surface area contributed by atoms with E-state index in [1.54, 1.807) is 14.2 Å². The minimum atomic E-state index is -3.16. The van der Waals surface area contributed by atoms with Gasteiger partial charge >= 0.3 is 0 Å². The van der Waals surface area contributed by atoms with Gasteiger partial charge in [0.1, 0.15) is 11.5 Å². The molecule has 0 spiro atoms. The van der Waals surface area contributed by atoms with Crippen LogP contribution in [0.25, 0.3) is 11.4 Å². The van der Waals surface area contributed by atoms with E-state index < -0.39 is 7.14 Å². The molecule has 0 unspecified atom stereocenters. The molecular formula is C30H27O3P. The van der Waals surface area contributed by atoms with Crippen molar-refractivity contribution in [1.29, 1.82) is 0 Å². The van der Waals surface area contributed by atoms with Crippen LogP contribution in [0.1, 0.15) is 11.1 Å². The van der Waals surface area contributed by atoms with Crippen molar-refractivity contribution in [2.24, 2.45) is 0 Å². The average molecular weight is 467 g/mol. The van der Waals surface area contributed by atoms with Crippen LogP contribution in [0, 0.1) is 0 Å². The zero-order chi connectivity index (χ0) is 23.8. The molecule has 4 rings (SSSR count). The van der Waals surface area contributed by atoms with E-state index in [-0.39, 0.29) is 0 Å². The molecule has 0 radical (unpaired) electrons. The first-order valence-electron chi connectivity index (χ1n) is 11.0. The van der Waals surface area contributed by atoms with Crippen LogP contribution in [0.15, 0.2) is 121 Å². The van der Waals surface area contributed by atoms with Crippen LogP contribution in [0.4, 0.5) is 0 Å². The number of hydrogen-bond donors (Lipinski definition) is 0. The fourth-order valence-electron chi connectivity index (χ4n) is 3.81. The van der Waals surface area contributed by atoms with Crippen LogP contribution in [0.5, 0.6) is 11.5 Å². The molecule has 170 valence electrons. The minimum absolute atomic E-state index is 0.756. The molecule has 0 atom stereocenters. The molecule has 0 heterocycles. The summed E-state index contributed by atoms with van der Waals surface area (Å²) in [4.78, 5) is 0. The maximum absolute atomic E-state index is 15.0. The second kappa shape index (κ2) is 10.9. The Kier molecular flexibility index (Phi) is 7.47. The summed E-state index contributed by atoms with van der Waals surface area (Å²) in [5.74, 6) is 1.57. The molecule has 0 fully saturated rings. The van der Waals surface area contributed by atoms with E-state index in [0.717, 1.165) is 38.5 Å². The van der Waals surface area contributed by atoms with Crippen LogP contribution >= 0.6 is 7.14 Å². The fraction of sp³-hybridized carbons (Fsp3) is 0.0667. The van der Waals surface area contributed by atoms with Gasteiger partial charge in [-0.2, -0.15) is 0 Å². The molecule has 4 heteroatoms. The van der Waals surface area contributed by atoms with Crippen molar-refractivity contribution in [2.45, 2.75) is 0 Å². The maximum atomic E-state index is 15.0. The quantitative estimate of drug-likeness (QED) is 0.212. The Morgan fingerprint density at radius 2 is 1.12 bits per heavy atom. The van der Waals surface area contributed by atoms with Crippen LogP contribution < -0.4 is 20.1 Å². The van der Waals surface area contributed by atoms with E-state index in [1.165, 1.54) is 0 Å². The number of hydrogen-bond acceptors (Lipinski definition) is 3. The van der Waals surface area contributed by atoms with Gasteiger partial charge in [0.2, 0.25) is 0 Å². The van der Waals surface area contributed by atoms with Crippen LogP contribution in [0.2, 0.25) is 0 Å². The smallest absolute Gasteiger partial charge is 0.171 e. The molecule has 0 aromatic heterocycles. The molecule has 0 N–H and O–H groups in total. The summed E-state index contributed by atoms with van der Waals surface area (Å²) in [6, 6.07) is 34.9. The summed E-state index contributed by atoms with van der Waals surface area (Å²) < 4.78 is 25.6. The predicted molar refractivity (Wildman–Crippen MR) is 143 cm³/mol. The lowest BCUT2D eigenvalue weighted by atomic mass is 10.1. The summed E-state index contributed by atoms with van der Waals surface area (Å²) >= 11 is 0. The molecule has 0 aliphatic rings. The molecule has 0 bridgehead atoms. The highest BCUT2D eigenvalue weighted by Gasteiger charge is 2.32. The third kappa shape index (κ3) is 5.06. The lowest BCUT2D eigenvalue weighted by Crippen LogP contribution is -2.17. The first kappa shape index (κ1) is 23.4. The summed E-state index contributed by atoms with van der Waals surface area (Å²) in [5, 5.41) is 2.35. The number of benzene rings is 4. The first-order valence-corrected chi connectivity index (χ1v) is 12.7. The van der Waals surface area contributed by atoms with E-state index in [0.29, 0.717) is 0 Å². The van der Waals surface area contributed by atoms with Gasteiger partial charge in [-0.25, -0.2) is 0 Å². The largest absolute Gasteiger partial charge is 0.497 e.